The number of nitrogens with one attached hydrogen (secondary N) is 1. The van der Waals surface area contributed by atoms with Crippen LogP contribution in [0.1, 0.15) is 19.3 Å². The van der Waals surface area contributed by atoms with Crippen molar-refractivity contribution in [1.29, 1.82) is 0 Å². The second-order valence-electron chi connectivity index (χ2n) is 4.32. The molecule has 1 aliphatic carbocycles. The summed E-state index contributed by atoms with van der Waals surface area (Å²) in [6, 6.07) is 0. The first-order valence-electron chi connectivity index (χ1n) is 5.97. The van der Waals surface area contributed by atoms with Gasteiger partial charge in [-0.05, 0) is 18.8 Å². The molecule has 3 N–H and O–H groups in total. The highest BCUT2D eigenvalue weighted by molar-refractivity contribution is 5.78. The topological polar surface area (TPSA) is 72.8 Å². The van der Waals surface area contributed by atoms with Crippen LogP contribution < -0.4 is 5.32 Å². The van der Waals surface area contributed by atoms with Gasteiger partial charge in [-0.25, -0.2) is 0 Å². The molecule has 1 aliphatic rings. The monoisotopic (exact) mass is 230 g/mol. The molecule has 1 amide bonds. The van der Waals surface area contributed by atoms with E-state index in [-0.39, 0.29) is 25.7 Å². The number of hydrogen-bond donors (Lipinski definition) is 3. The lowest BCUT2D eigenvalue weighted by Gasteiger charge is -2.26. The summed E-state index contributed by atoms with van der Waals surface area (Å²) < 4.78 is 0. The van der Waals surface area contributed by atoms with E-state index in [9.17, 15) is 4.79 Å². The fourth-order valence-corrected chi connectivity index (χ4v) is 1.77. The van der Waals surface area contributed by atoms with Crippen LogP contribution in [0.4, 0.5) is 0 Å². The summed E-state index contributed by atoms with van der Waals surface area (Å²) in [6.45, 7) is 1.90. The molecule has 94 valence electrons. The van der Waals surface area contributed by atoms with E-state index in [1.165, 1.54) is 19.3 Å². The summed E-state index contributed by atoms with van der Waals surface area (Å²) in [6.07, 6.45) is 3.72. The van der Waals surface area contributed by atoms with Gasteiger partial charge < -0.3 is 15.5 Å². The van der Waals surface area contributed by atoms with E-state index in [4.69, 9.17) is 10.2 Å². The first-order chi connectivity index (χ1) is 7.76. The van der Waals surface area contributed by atoms with Gasteiger partial charge in [0.25, 0.3) is 0 Å². The molecular weight excluding hydrogens is 208 g/mol. The van der Waals surface area contributed by atoms with Gasteiger partial charge >= 0.3 is 0 Å². The average molecular weight is 230 g/mol. The molecule has 5 heteroatoms. The molecule has 0 aromatic rings. The maximum absolute atomic E-state index is 11.5. The summed E-state index contributed by atoms with van der Waals surface area (Å²) in [5.41, 5.74) is 0. The molecule has 0 heterocycles. The molecule has 5 nitrogen and oxygen atoms in total. The number of amides is 1. The van der Waals surface area contributed by atoms with E-state index in [1.54, 1.807) is 4.90 Å². The highest BCUT2D eigenvalue weighted by Crippen LogP contribution is 2.24. The zero-order valence-electron chi connectivity index (χ0n) is 9.69. The predicted octanol–water partition coefficient (Wildman–Crippen LogP) is -0.811. The van der Waals surface area contributed by atoms with E-state index >= 15 is 0 Å². The number of nitrogens with zero attached hydrogens (tertiary/aromatic N) is 1. The predicted molar refractivity (Wildman–Crippen MR) is 61.0 cm³/mol. The third kappa shape index (κ3) is 4.92. The van der Waals surface area contributed by atoms with Gasteiger partial charge in [-0.15, -0.1) is 0 Å². The second-order valence-corrected chi connectivity index (χ2v) is 4.32. The Morgan fingerprint density at radius 2 is 1.88 bits per heavy atom. The van der Waals surface area contributed by atoms with E-state index in [0.717, 1.165) is 6.54 Å². The zero-order chi connectivity index (χ0) is 11.8. The van der Waals surface area contributed by atoms with Crippen LogP contribution in [-0.4, -0.2) is 60.4 Å². The highest BCUT2D eigenvalue weighted by Gasteiger charge is 2.18. The van der Waals surface area contributed by atoms with Gasteiger partial charge in [0.2, 0.25) is 5.91 Å². The lowest BCUT2D eigenvalue weighted by atomic mass is 9.85. The Hall–Kier alpha value is -0.650. The molecule has 16 heavy (non-hydrogen) atoms. The standard InChI is InChI=1S/C11H22N2O3/c14-6-4-13(5-7-15)9-11(16)12-8-10-2-1-3-10/h10,14-15H,1-9H2,(H,12,16). The summed E-state index contributed by atoms with van der Waals surface area (Å²) in [5.74, 6) is 0.641. The van der Waals surface area contributed by atoms with Crippen molar-refractivity contribution in [2.45, 2.75) is 19.3 Å². The lowest BCUT2D eigenvalue weighted by Crippen LogP contribution is -2.42. The van der Waals surface area contributed by atoms with Crippen molar-refractivity contribution in [2.24, 2.45) is 5.92 Å². The molecular formula is C11H22N2O3. The normalized spacial score (nSPS) is 16.2. The number of rotatable bonds is 8. The van der Waals surface area contributed by atoms with E-state index in [1.807, 2.05) is 0 Å². The number of aliphatic hydroxyl groups is 2. The third-order valence-corrected chi connectivity index (χ3v) is 3.01. The highest BCUT2D eigenvalue weighted by atomic mass is 16.3. The summed E-state index contributed by atoms with van der Waals surface area (Å²) in [4.78, 5) is 13.3. The molecule has 0 atom stereocenters. The van der Waals surface area contributed by atoms with Gasteiger partial charge in [0.05, 0.1) is 19.8 Å². The van der Waals surface area contributed by atoms with E-state index < -0.39 is 0 Å². The average Bonchev–Trinajstić information content (AvgIpc) is 2.16. The van der Waals surface area contributed by atoms with Gasteiger partial charge in [0, 0.05) is 19.6 Å². The van der Waals surface area contributed by atoms with Gasteiger partial charge in [0.15, 0.2) is 0 Å². The minimum absolute atomic E-state index is 0.00983. The van der Waals surface area contributed by atoms with Gasteiger partial charge in [0.1, 0.15) is 0 Å². The van der Waals surface area contributed by atoms with Crippen LogP contribution >= 0.6 is 0 Å². The summed E-state index contributed by atoms with van der Waals surface area (Å²) in [5, 5.41) is 20.5. The minimum Gasteiger partial charge on any atom is -0.395 e. The second kappa shape index (κ2) is 7.60. The van der Waals surface area contributed by atoms with Crippen molar-refractivity contribution in [1.82, 2.24) is 10.2 Å². The third-order valence-electron chi connectivity index (χ3n) is 3.01. The SMILES string of the molecule is O=C(CN(CCO)CCO)NCC1CCC1. The van der Waals surface area contributed by atoms with Crippen molar-refractivity contribution >= 4 is 5.91 Å². The van der Waals surface area contributed by atoms with Crippen molar-refractivity contribution in [3.05, 3.63) is 0 Å². The number of carbonyl (C=O) groups is 1. The Morgan fingerprint density at radius 3 is 2.31 bits per heavy atom. The van der Waals surface area contributed by atoms with Crippen molar-refractivity contribution in [2.75, 3.05) is 39.4 Å². The van der Waals surface area contributed by atoms with Crippen LogP contribution in [0.15, 0.2) is 0 Å². The fourth-order valence-electron chi connectivity index (χ4n) is 1.77. The van der Waals surface area contributed by atoms with E-state index in [2.05, 4.69) is 5.32 Å². The van der Waals surface area contributed by atoms with Crippen LogP contribution in [0, 0.1) is 5.92 Å². The maximum Gasteiger partial charge on any atom is 0.234 e. The smallest absolute Gasteiger partial charge is 0.234 e. The van der Waals surface area contributed by atoms with Crippen LogP contribution in [0.25, 0.3) is 0 Å². The lowest BCUT2D eigenvalue weighted by molar-refractivity contribution is -0.122. The Balaban J connectivity index is 2.13. The first kappa shape index (κ1) is 13.4. The molecule has 0 aromatic heterocycles. The van der Waals surface area contributed by atoms with Crippen LogP contribution in [-0.2, 0) is 4.79 Å². The Labute approximate surface area is 96.4 Å². The fraction of sp³-hybridized carbons (Fsp3) is 0.909. The van der Waals surface area contributed by atoms with Crippen molar-refractivity contribution in [3.8, 4) is 0 Å². The molecule has 0 aromatic carbocycles. The van der Waals surface area contributed by atoms with Crippen LogP contribution in [0.3, 0.4) is 0 Å². The minimum atomic E-state index is -0.0196. The summed E-state index contributed by atoms with van der Waals surface area (Å²) in [7, 11) is 0. The zero-order valence-corrected chi connectivity index (χ0v) is 9.69. The molecule has 0 aliphatic heterocycles. The van der Waals surface area contributed by atoms with Crippen molar-refractivity contribution < 1.29 is 15.0 Å². The number of carbonyl (C=O) groups excluding carboxylic acids is 1. The maximum atomic E-state index is 11.5. The quantitative estimate of drug-likeness (QED) is 0.510. The molecule has 1 saturated carbocycles. The van der Waals surface area contributed by atoms with Crippen molar-refractivity contribution in [3.63, 3.8) is 0 Å². The number of hydrogen-bond acceptors (Lipinski definition) is 4. The van der Waals surface area contributed by atoms with Crippen LogP contribution in [0.2, 0.25) is 0 Å². The van der Waals surface area contributed by atoms with Gasteiger partial charge in [-0.2, -0.15) is 0 Å². The largest absolute Gasteiger partial charge is 0.395 e. The Bertz CT molecular complexity index is 201. The molecule has 0 saturated heterocycles. The Kier molecular flexibility index (Phi) is 6.37. The molecule has 0 spiro atoms. The van der Waals surface area contributed by atoms with Gasteiger partial charge in [-0.1, -0.05) is 6.42 Å². The van der Waals surface area contributed by atoms with E-state index in [0.29, 0.717) is 19.0 Å². The molecule has 1 fully saturated rings. The number of aliphatic hydroxyl groups excluding tert-OH is 2. The Morgan fingerprint density at radius 1 is 1.25 bits per heavy atom. The van der Waals surface area contributed by atoms with Gasteiger partial charge in [-0.3, -0.25) is 9.69 Å². The first-order valence-corrected chi connectivity index (χ1v) is 5.97. The molecule has 0 radical (unpaired) electrons. The van der Waals surface area contributed by atoms with Crippen LogP contribution in [0.5, 0.6) is 0 Å². The molecule has 0 bridgehead atoms. The molecule has 1 rings (SSSR count). The summed E-state index contributed by atoms with van der Waals surface area (Å²) >= 11 is 0. The molecule has 0 unspecified atom stereocenters.